The zero-order valence-corrected chi connectivity index (χ0v) is 31.8. The number of benzene rings is 4. The van der Waals surface area contributed by atoms with Crippen LogP contribution in [0.5, 0.6) is 0 Å². The Morgan fingerprint density at radius 1 is 0.450 bits per heavy atom. The Morgan fingerprint density at radius 2 is 0.767 bits per heavy atom. The Morgan fingerprint density at radius 3 is 1.08 bits per heavy atom. The predicted molar refractivity (Wildman–Crippen MR) is 233 cm³/mol. The molecular weight excluding hydrogens is 839 g/mol. The number of nitrogens with one attached hydrogen (secondary N) is 6. The van der Waals surface area contributed by atoms with E-state index in [4.69, 9.17) is 0 Å². The fraction of sp³-hybridized carbons (Fsp3) is 0.111. The van der Waals surface area contributed by atoms with Crippen molar-refractivity contribution in [3.8, 4) is 0 Å². The molecule has 0 aliphatic rings. The number of aliphatic hydroxyl groups excluding tert-OH is 2. The van der Waals surface area contributed by atoms with E-state index in [1.165, 1.54) is 36.4 Å². The summed E-state index contributed by atoms with van der Waals surface area (Å²) in [5, 5.41) is 36.1. The number of aliphatic hydroxyl groups is 2. The van der Waals surface area contributed by atoms with Crippen molar-refractivity contribution in [3.63, 3.8) is 0 Å². The SMILES string of the molecule is O=S(=O)(O)c1cc(Nc2nc(NCCO)nc(Nc3ccccc3)n2)ccc1C=Cc1ccc(Nc2nc(NCCO)nc(Nc3ccccc3)n2)cc1S(=O)(=O)O.[NaH].[NaH]. The summed E-state index contributed by atoms with van der Waals surface area (Å²) in [7, 11) is -9.70. The first kappa shape index (κ1) is 47.9. The molecule has 0 aliphatic heterocycles. The van der Waals surface area contributed by atoms with E-state index < -0.39 is 30.0 Å². The van der Waals surface area contributed by atoms with E-state index in [-0.39, 0.29) is 144 Å². The van der Waals surface area contributed by atoms with Crippen molar-refractivity contribution in [3.05, 3.63) is 108 Å². The molecule has 0 saturated heterocycles. The number of anilines is 10. The second kappa shape index (κ2) is 22.1. The van der Waals surface area contributed by atoms with Crippen molar-refractivity contribution >= 4 is 150 Å². The fourth-order valence-electron chi connectivity index (χ4n) is 5.15. The molecule has 24 heteroatoms. The molecule has 0 fully saturated rings. The molecule has 0 unspecified atom stereocenters. The van der Waals surface area contributed by atoms with Gasteiger partial charge in [0.05, 0.1) is 13.2 Å². The molecular formula is C36H38N12Na2O8S2. The van der Waals surface area contributed by atoms with E-state index in [0.29, 0.717) is 11.4 Å². The van der Waals surface area contributed by atoms with E-state index >= 15 is 0 Å². The van der Waals surface area contributed by atoms with Gasteiger partial charge in [-0.25, -0.2) is 0 Å². The number of para-hydroxylation sites is 2. The maximum absolute atomic E-state index is 12.6. The molecule has 0 radical (unpaired) electrons. The summed E-state index contributed by atoms with van der Waals surface area (Å²) in [5.41, 5.74) is 1.59. The van der Waals surface area contributed by atoms with Gasteiger partial charge in [0, 0.05) is 35.8 Å². The van der Waals surface area contributed by atoms with Gasteiger partial charge in [-0.1, -0.05) is 60.7 Å². The number of nitrogens with zero attached hydrogens (tertiary/aromatic N) is 6. The summed E-state index contributed by atoms with van der Waals surface area (Å²) in [6, 6.07) is 26.0. The Labute approximate surface area is 389 Å². The van der Waals surface area contributed by atoms with Crippen molar-refractivity contribution in [2.75, 3.05) is 58.2 Å². The van der Waals surface area contributed by atoms with E-state index in [2.05, 4.69) is 61.8 Å². The Bertz CT molecular complexity index is 2460. The number of hydrogen-bond donors (Lipinski definition) is 10. The van der Waals surface area contributed by atoms with Gasteiger partial charge in [0.1, 0.15) is 9.79 Å². The fourth-order valence-corrected chi connectivity index (χ4v) is 6.57. The van der Waals surface area contributed by atoms with Crippen LogP contribution in [0.2, 0.25) is 0 Å². The van der Waals surface area contributed by atoms with Crippen molar-refractivity contribution in [2.45, 2.75) is 9.79 Å². The summed E-state index contributed by atoms with van der Waals surface area (Å²) in [6.45, 7) is -0.123. The standard InChI is InChI=1S/C36H36N12O8S2.2Na.2H/c49-19-17-37-31-43-33(39-25-7-3-1-4-8-25)47-35(45-31)41-27-15-13-23(29(21-27)57(51,52)53)11-12-24-14-16-28(22-30(24)58(54,55)56)42-36-46-32(38-18-20-50)44-34(48-36)40-26-9-5-2-6-10-26;;;;/h1-16,21-22,49-50H,17-20H2,(H,51,52,53)(H,54,55,56)(H3,37,39,41,43,45,47)(H3,38,40,42,44,46,48);;;;. The molecule has 4 aromatic carbocycles. The van der Waals surface area contributed by atoms with Gasteiger partial charge in [-0.15, -0.1) is 0 Å². The van der Waals surface area contributed by atoms with E-state index in [9.17, 15) is 36.2 Å². The van der Waals surface area contributed by atoms with E-state index in [0.717, 1.165) is 12.1 Å². The van der Waals surface area contributed by atoms with Gasteiger partial charge in [-0.2, -0.15) is 46.7 Å². The molecule has 0 bridgehead atoms. The first-order chi connectivity index (χ1) is 27.9. The summed E-state index contributed by atoms with van der Waals surface area (Å²) in [5.74, 6) is 0.452. The molecule has 6 rings (SSSR count). The van der Waals surface area contributed by atoms with Gasteiger partial charge in [0.25, 0.3) is 20.2 Å². The quantitative estimate of drug-likeness (QED) is 0.0337. The van der Waals surface area contributed by atoms with E-state index in [1.54, 1.807) is 24.3 Å². The normalized spacial score (nSPS) is 11.2. The molecule has 0 amide bonds. The number of hydrogen-bond acceptors (Lipinski definition) is 18. The average molecular weight is 877 g/mol. The van der Waals surface area contributed by atoms with Crippen LogP contribution in [0.15, 0.2) is 107 Å². The van der Waals surface area contributed by atoms with Crippen LogP contribution in [0.3, 0.4) is 0 Å². The van der Waals surface area contributed by atoms with Crippen LogP contribution >= 0.6 is 0 Å². The second-order valence-electron chi connectivity index (χ2n) is 11.9. The van der Waals surface area contributed by atoms with Crippen LogP contribution < -0.4 is 31.9 Å². The second-order valence-corrected chi connectivity index (χ2v) is 14.7. The Kier molecular flexibility index (Phi) is 17.7. The summed E-state index contributed by atoms with van der Waals surface area (Å²) in [4.78, 5) is 24.7. The zero-order chi connectivity index (χ0) is 41.1. The van der Waals surface area contributed by atoms with Gasteiger partial charge >= 0.3 is 59.1 Å². The van der Waals surface area contributed by atoms with Gasteiger partial charge < -0.3 is 42.1 Å². The molecule has 304 valence electrons. The molecule has 60 heavy (non-hydrogen) atoms. The maximum atomic E-state index is 12.6. The van der Waals surface area contributed by atoms with Gasteiger partial charge in [0.15, 0.2) is 0 Å². The van der Waals surface area contributed by atoms with Crippen LogP contribution in [-0.4, -0.2) is 151 Å². The van der Waals surface area contributed by atoms with Crippen LogP contribution in [-0.2, 0) is 20.2 Å². The first-order valence-electron chi connectivity index (χ1n) is 17.2. The summed E-state index contributed by atoms with van der Waals surface area (Å²) < 4.78 is 70.7. The zero-order valence-electron chi connectivity index (χ0n) is 30.1. The molecule has 20 nitrogen and oxygen atoms in total. The predicted octanol–water partition coefficient (Wildman–Crippen LogP) is 3.21. The third-order valence-corrected chi connectivity index (χ3v) is 9.48. The minimum absolute atomic E-state index is 0. The Hall–Kier alpha value is -4.82. The molecule has 10 N–H and O–H groups in total. The molecule has 0 spiro atoms. The summed E-state index contributed by atoms with van der Waals surface area (Å²) in [6.07, 6.45) is 2.50. The molecule has 6 aromatic rings. The molecule has 0 saturated carbocycles. The van der Waals surface area contributed by atoms with Gasteiger partial charge in [-0.05, 0) is 59.7 Å². The molecule has 2 heterocycles. The van der Waals surface area contributed by atoms with E-state index in [1.807, 2.05) is 36.4 Å². The van der Waals surface area contributed by atoms with Crippen LogP contribution in [0.4, 0.5) is 58.4 Å². The molecule has 0 aliphatic carbocycles. The van der Waals surface area contributed by atoms with Crippen LogP contribution in [0.1, 0.15) is 11.1 Å². The third-order valence-electron chi connectivity index (χ3n) is 7.66. The van der Waals surface area contributed by atoms with Crippen molar-refractivity contribution < 1.29 is 36.2 Å². The molecule has 2 aromatic heterocycles. The van der Waals surface area contributed by atoms with Gasteiger partial charge in [0.2, 0.25) is 35.7 Å². The Balaban J connectivity index is 0.00000397. The third kappa shape index (κ3) is 13.9. The van der Waals surface area contributed by atoms with Crippen LogP contribution in [0, 0.1) is 0 Å². The monoisotopic (exact) mass is 876 g/mol. The number of rotatable bonds is 18. The van der Waals surface area contributed by atoms with Crippen LogP contribution in [0.25, 0.3) is 12.2 Å². The molecule has 0 atom stereocenters. The number of aromatic nitrogens is 6. The van der Waals surface area contributed by atoms with Gasteiger partial charge in [-0.3, -0.25) is 9.11 Å². The summed E-state index contributed by atoms with van der Waals surface area (Å²) >= 11 is 0. The minimum atomic E-state index is -4.85. The average Bonchev–Trinajstić information content (AvgIpc) is 3.19. The van der Waals surface area contributed by atoms with Crippen molar-refractivity contribution in [2.24, 2.45) is 0 Å². The van der Waals surface area contributed by atoms with Crippen molar-refractivity contribution in [1.82, 2.24) is 29.9 Å². The first-order valence-corrected chi connectivity index (χ1v) is 20.1. The van der Waals surface area contributed by atoms with Crippen molar-refractivity contribution in [1.29, 1.82) is 0 Å². The topological polar surface area (TPSA) is 299 Å².